The molecule has 1 aromatic rings. The Morgan fingerprint density at radius 1 is 1.55 bits per heavy atom. The Morgan fingerprint density at radius 2 is 2.35 bits per heavy atom. The van der Waals surface area contributed by atoms with Crippen LogP contribution in [0.1, 0.15) is 12.0 Å². The highest BCUT2D eigenvalue weighted by Gasteiger charge is 2.10. The molecule has 7 heteroatoms. The molecule has 0 radical (unpaired) electrons. The first kappa shape index (κ1) is 16.6. The van der Waals surface area contributed by atoms with Gasteiger partial charge in [0.25, 0.3) is 0 Å². The third-order valence-electron chi connectivity index (χ3n) is 2.72. The van der Waals surface area contributed by atoms with Gasteiger partial charge in [-0.2, -0.15) is 5.26 Å². The van der Waals surface area contributed by atoms with Gasteiger partial charge in [0.2, 0.25) is 5.91 Å². The fourth-order valence-corrected chi connectivity index (χ4v) is 2.39. The predicted molar refractivity (Wildman–Crippen MR) is 77.7 cm³/mol. The van der Waals surface area contributed by atoms with Crippen LogP contribution >= 0.6 is 11.3 Å². The van der Waals surface area contributed by atoms with Gasteiger partial charge in [0, 0.05) is 33.2 Å². The summed E-state index contributed by atoms with van der Waals surface area (Å²) in [4.78, 5) is 13.8. The number of rotatable bonds is 9. The summed E-state index contributed by atoms with van der Waals surface area (Å²) < 4.78 is 4.98. The molecule has 0 fully saturated rings. The SMILES string of the molecule is COCCN(CCO)CCC(=O)Nc1sccc1C#N. The molecular weight excluding hydrogens is 278 g/mol. The molecule has 1 heterocycles. The van der Waals surface area contributed by atoms with Crippen molar-refractivity contribution >= 4 is 22.2 Å². The molecule has 0 saturated heterocycles. The van der Waals surface area contributed by atoms with E-state index < -0.39 is 0 Å². The number of nitrogens with zero attached hydrogens (tertiary/aromatic N) is 2. The lowest BCUT2D eigenvalue weighted by Gasteiger charge is -2.20. The molecule has 1 rings (SSSR count). The van der Waals surface area contributed by atoms with Crippen LogP contribution in [-0.4, -0.2) is 55.9 Å². The lowest BCUT2D eigenvalue weighted by molar-refractivity contribution is -0.116. The number of anilines is 1. The van der Waals surface area contributed by atoms with Gasteiger partial charge in [0.05, 0.1) is 18.8 Å². The van der Waals surface area contributed by atoms with Crippen molar-refractivity contribution in [2.45, 2.75) is 6.42 Å². The normalized spacial score (nSPS) is 10.5. The van der Waals surface area contributed by atoms with Crippen molar-refractivity contribution in [1.29, 1.82) is 5.26 Å². The van der Waals surface area contributed by atoms with Crippen molar-refractivity contribution in [3.05, 3.63) is 17.0 Å². The minimum absolute atomic E-state index is 0.0504. The monoisotopic (exact) mass is 297 g/mol. The summed E-state index contributed by atoms with van der Waals surface area (Å²) in [5.74, 6) is -0.135. The van der Waals surface area contributed by atoms with Gasteiger partial charge in [0.1, 0.15) is 11.1 Å². The average molecular weight is 297 g/mol. The first-order valence-corrected chi connectivity index (χ1v) is 7.18. The number of carbonyl (C=O) groups is 1. The molecule has 0 bridgehead atoms. The fourth-order valence-electron chi connectivity index (χ4n) is 1.64. The van der Waals surface area contributed by atoms with Crippen molar-refractivity contribution in [1.82, 2.24) is 4.90 Å². The zero-order valence-corrected chi connectivity index (χ0v) is 12.3. The smallest absolute Gasteiger partial charge is 0.226 e. The molecule has 6 nitrogen and oxygen atoms in total. The minimum atomic E-state index is -0.135. The first-order valence-electron chi connectivity index (χ1n) is 6.30. The Morgan fingerprint density at radius 3 is 3.00 bits per heavy atom. The molecule has 0 spiro atoms. The molecule has 0 aliphatic heterocycles. The molecule has 0 aliphatic carbocycles. The van der Waals surface area contributed by atoms with Crippen LogP contribution in [0.2, 0.25) is 0 Å². The molecule has 2 N–H and O–H groups in total. The van der Waals surface area contributed by atoms with Crippen LogP contribution in [0.15, 0.2) is 11.4 Å². The van der Waals surface area contributed by atoms with E-state index in [2.05, 4.69) is 5.32 Å². The average Bonchev–Trinajstić information content (AvgIpc) is 2.89. The summed E-state index contributed by atoms with van der Waals surface area (Å²) in [6, 6.07) is 3.71. The van der Waals surface area contributed by atoms with Crippen molar-refractivity contribution in [2.75, 3.05) is 45.3 Å². The summed E-state index contributed by atoms with van der Waals surface area (Å²) in [5, 5.41) is 22.9. The molecule has 1 aromatic heterocycles. The van der Waals surface area contributed by atoms with Crippen molar-refractivity contribution in [3.8, 4) is 6.07 Å². The third-order valence-corrected chi connectivity index (χ3v) is 3.55. The molecule has 110 valence electrons. The van der Waals surface area contributed by atoms with Crippen LogP contribution in [0.5, 0.6) is 0 Å². The van der Waals surface area contributed by atoms with Gasteiger partial charge in [-0.3, -0.25) is 9.69 Å². The molecule has 20 heavy (non-hydrogen) atoms. The van der Waals surface area contributed by atoms with Crippen LogP contribution in [0.25, 0.3) is 0 Å². The second-order valence-electron chi connectivity index (χ2n) is 4.13. The van der Waals surface area contributed by atoms with Crippen LogP contribution in [0.3, 0.4) is 0 Å². The maximum atomic E-state index is 11.8. The zero-order valence-electron chi connectivity index (χ0n) is 11.5. The molecule has 0 atom stereocenters. The number of carbonyl (C=O) groups excluding carboxylic acids is 1. The molecule has 0 aromatic carbocycles. The van der Waals surface area contributed by atoms with Gasteiger partial charge >= 0.3 is 0 Å². The van der Waals surface area contributed by atoms with Crippen molar-refractivity contribution in [2.24, 2.45) is 0 Å². The number of aliphatic hydroxyl groups excluding tert-OH is 1. The Hall–Kier alpha value is -1.46. The van der Waals surface area contributed by atoms with Gasteiger partial charge < -0.3 is 15.2 Å². The minimum Gasteiger partial charge on any atom is -0.395 e. The number of hydrogen-bond donors (Lipinski definition) is 2. The predicted octanol–water partition coefficient (Wildman–Crippen LogP) is 0.889. The molecule has 0 aliphatic rings. The lowest BCUT2D eigenvalue weighted by Crippen LogP contribution is -2.33. The molecule has 0 saturated carbocycles. The third kappa shape index (κ3) is 5.67. The van der Waals surface area contributed by atoms with E-state index in [4.69, 9.17) is 15.1 Å². The van der Waals surface area contributed by atoms with Gasteiger partial charge in [-0.1, -0.05) is 0 Å². The van der Waals surface area contributed by atoms with E-state index in [1.165, 1.54) is 11.3 Å². The van der Waals surface area contributed by atoms with E-state index in [-0.39, 0.29) is 12.5 Å². The number of amides is 1. The standard InChI is InChI=1S/C13H19N3O3S/c1-19-8-6-16(5-7-17)4-2-12(18)15-13-11(10-14)3-9-20-13/h3,9,17H,2,4-8H2,1H3,(H,15,18). The summed E-state index contributed by atoms with van der Waals surface area (Å²) in [5.41, 5.74) is 0.481. The molecule has 1 amide bonds. The second kappa shape index (κ2) is 9.44. The summed E-state index contributed by atoms with van der Waals surface area (Å²) in [6.07, 6.45) is 0.312. The van der Waals surface area contributed by atoms with E-state index in [0.29, 0.717) is 43.2 Å². The number of nitrogens with one attached hydrogen (secondary N) is 1. The fraction of sp³-hybridized carbons (Fsp3) is 0.538. The Balaban J connectivity index is 2.39. The highest BCUT2D eigenvalue weighted by molar-refractivity contribution is 7.14. The molecule has 0 unspecified atom stereocenters. The van der Waals surface area contributed by atoms with Gasteiger partial charge in [-0.25, -0.2) is 0 Å². The van der Waals surface area contributed by atoms with Crippen LogP contribution in [0.4, 0.5) is 5.00 Å². The van der Waals surface area contributed by atoms with E-state index >= 15 is 0 Å². The Bertz CT molecular complexity index is 456. The van der Waals surface area contributed by atoms with Crippen LogP contribution in [0, 0.1) is 11.3 Å². The second-order valence-corrected chi connectivity index (χ2v) is 5.05. The Labute approximate surface area is 122 Å². The van der Waals surface area contributed by atoms with Crippen LogP contribution in [-0.2, 0) is 9.53 Å². The number of thiophene rings is 1. The highest BCUT2D eigenvalue weighted by Crippen LogP contribution is 2.22. The topological polar surface area (TPSA) is 85.6 Å². The van der Waals surface area contributed by atoms with Gasteiger partial charge in [-0.05, 0) is 11.4 Å². The van der Waals surface area contributed by atoms with Crippen molar-refractivity contribution < 1.29 is 14.6 Å². The van der Waals surface area contributed by atoms with E-state index in [1.54, 1.807) is 18.6 Å². The maximum absolute atomic E-state index is 11.8. The molecular formula is C13H19N3O3S. The number of aliphatic hydroxyl groups is 1. The van der Waals surface area contributed by atoms with E-state index in [1.807, 2.05) is 11.0 Å². The number of methoxy groups -OCH3 is 1. The van der Waals surface area contributed by atoms with Crippen molar-refractivity contribution in [3.63, 3.8) is 0 Å². The van der Waals surface area contributed by atoms with Gasteiger partial charge in [0.15, 0.2) is 0 Å². The van der Waals surface area contributed by atoms with Gasteiger partial charge in [-0.15, -0.1) is 11.3 Å². The van der Waals surface area contributed by atoms with E-state index in [0.717, 1.165) is 0 Å². The van der Waals surface area contributed by atoms with E-state index in [9.17, 15) is 4.79 Å². The number of ether oxygens (including phenoxy) is 1. The largest absolute Gasteiger partial charge is 0.395 e. The lowest BCUT2D eigenvalue weighted by atomic mass is 10.3. The Kier molecular flexibility index (Phi) is 7.84. The quantitative estimate of drug-likeness (QED) is 0.707. The summed E-state index contributed by atoms with van der Waals surface area (Å²) in [6.45, 7) is 2.34. The number of hydrogen-bond acceptors (Lipinski definition) is 6. The van der Waals surface area contributed by atoms with Crippen LogP contribution < -0.4 is 5.32 Å². The zero-order chi connectivity index (χ0) is 14.8. The highest BCUT2D eigenvalue weighted by atomic mass is 32.1. The maximum Gasteiger partial charge on any atom is 0.226 e. The summed E-state index contributed by atoms with van der Waals surface area (Å²) in [7, 11) is 1.62. The summed E-state index contributed by atoms with van der Waals surface area (Å²) >= 11 is 1.33. The first-order chi connectivity index (χ1) is 9.71. The number of nitriles is 1.